The molecule has 3 amide bonds. The van der Waals surface area contributed by atoms with Crippen LogP contribution in [-0.4, -0.2) is 17.7 Å². The maximum Gasteiger partial charge on any atom is 0.318 e. The highest BCUT2D eigenvalue weighted by Gasteiger charge is 2.04. The molecule has 0 saturated carbocycles. The van der Waals surface area contributed by atoms with Gasteiger partial charge in [-0.15, -0.1) is 11.8 Å². The molecule has 0 aromatic carbocycles. The number of hydrogen-bond donors (Lipinski definition) is 2. The van der Waals surface area contributed by atoms with Crippen molar-refractivity contribution in [1.82, 2.24) is 5.32 Å². The number of thioether (sulfide) groups is 1. The average Bonchev–Trinajstić information content (AvgIpc) is 2.55. The predicted octanol–water partition coefficient (Wildman–Crippen LogP) is 0.708. The Bertz CT molecular complexity index is 310. The van der Waals surface area contributed by atoms with Crippen LogP contribution in [-0.2, 0) is 10.5 Å². The van der Waals surface area contributed by atoms with Crippen LogP contribution >= 0.6 is 11.8 Å². The van der Waals surface area contributed by atoms with Crippen molar-refractivity contribution in [3.05, 3.63) is 24.2 Å². The first-order valence-corrected chi connectivity index (χ1v) is 5.03. The summed E-state index contributed by atoms with van der Waals surface area (Å²) < 4.78 is 5.05. The highest BCUT2D eigenvalue weighted by Crippen LogP contribution is 2.11. The second kappa shape index (κ2) is 5.33. The van der Waals surface area contributed by atoms with Crippen LogP contribution in [0, 0.1) is 0 Å². The van der Waals surface area contributed by atoms with E-state index < -0.39 is 11.9 Å². The smallest absolute Gasteiger partial charge is 0.318 e. The highest BCUT2D eigenvalue weighted by atomic mass is 32.2. The molecular weight excluding hydrogens is 204 g/mol. The van der Waals surface area contributed by atoms with Crippen molar-refractivity contribution in [1.29, 1.82) is 0 Å². The van der Waals surface area contributed by atoms with E-state index in [9.17, 15) is 9.59 Å². The lowest BCUT2D eigenvalue weighted by Crippen LogP contribution is -2.36. The molecule has 0 unspecified atom stereocenters. The van der Waals surface area contributed by atoms with E-state index in [1.165, 1.54) is 11.8 Å². The van der Waals surface area contributed by atoms with E-state index in [0.717, 1.165) is 5.76 Å². The van der Waals surface area contributed by atoms with Crippen molar-refractivity contribution in [2.24, 2.45) is 5.73 Å². The molecular formula is C8H10N2O3S. The minimum Gasteiger partial charge on any atom is -0.468 e. The number of rotatable bonds is 4. The van der Waals surface area contributed by atoms with Gasteiger partial charge in [0.2, 0.25) is 5.91 Å². The summed E-state index contributed by atoms with van der Waals surface area (Å²) in [5.74, 6) is 1.18. The number of primary amides is 1. The molecule has 3 N–H and O–H groups in total. The lowest BCUT2D eigenvalue weighted by atomic mass is 10.5. The van der Waals surface area contributed by atoms with Crippen LogP contribution < -0.4 is 11.1 Å². The summed E-state index contributed by atoms with van der Waals surface area (Å²) >= 11 is 1.35. The van der Waals surface area contributed by atoms with Gasteiger partial charge in [-0.1, -0.05) is 0 Å². The molecule has 0 bridgehead atoms. The Morgan fingerprint density at radius 1 is 1.57 bits per heavy atom. The third kappa shape index (κ3) is 3.99. The monoisotopic (exact) mass is 214 g/mol. The summed E-state index contributed by atoms with van der Waals surface area (Å²) in [5, 5.41) is 1.97. The standard InChI is InChI=1S/C8H10N2O3S/c9-8(12)10-7(11)5-14-4-6-2-1-3-13-6/h1-3H,4-5H2,(H3,9,10,11,12). The van der Waals surface area contributed by atoms with E-state index in [2.05, 4.69) is 0 Å². The van der Waals surface area contributed by atoms with Gasteiger partial charge < -0.3 is 10.2 Å². The number of amides is 3. The van der Waals surface area contributed by atoms with Crippen molar-refractivity contribution in [2.75, 3.05) is 5.75 Å². The fraction of sp³-hybridized carbons (Fsp3) is 0.250. The van der Waals surface area contributed by atoms with Crippen molar-refractivity contribution >= 4 is 23.7 Å². The normalized spacial score (nSPS) is 9.71. The molecule has 0 aliphatic rings. The van der Waals surface area contributed by atoms with Crippen LogP contribution in [0.25, 0.3) is 0 Å². The SMILES string of the molecule is NC(=O)NC(=O)CSCc1ccco1. The third-order valence-corrected chi connectivity index (χ3v) is 2.28. The summed E-state index contributed by atoms with van der Waals surface area (Å²) in [6.45, 7) is 0. The maximum atomic E-state index is 10.9. The first-order chi connectivity index (χ1) is 6.68. The van der Waals surface area contributed by atoms with Crippen LogP contribution in [0.2, 0.25) is 0 Å². The molecule has 1 aromatic heterocycles. The fourth-order valence-corrected chi connectivity index (χ4v) is 1.54. The van der Waals surface area contributed by atoms with E-state index in [1.54, 1.807) is 12.3 Å². The molecule has 0 saturated heterocycles. The molecule has 0 aliphatic heterocycles. The third-order valence-electron chi connectivity index (χ3n) is 1.32. The molecule has 6 heteroatoms. The summed E-state index contributed by atoms with van der Waals surface area (Å²) in [4.78, 5) is 21.2. The van der Waals surface area contributed by atoms with Gasteiger partial charge in [0.05, 0.1) is 17.8 Å². The Morgan fingerprint density at radius 2 is 2.36 bits per heavy atom. The second-order valence-corrected chi connectivity index (χ2v) is 3.47. The molecule has 0 spiro atoms. The quantitative estimate of drug-likeness (QED) is 0.772. The molecule has 5 nitrogen and oxygen atoms in total. The molecule has 14 heavy (non-hydrogen) atoms. The maximum absolute atomic E-state index is 10.9. The van der Waals surface area contributed by atoms with Crippen molar-refractivity contribution < 1.29 is 14.0 Å². The molecule has 0 radical (unpaired) electrons. The number of imide groups is 1. The van der Waals surface area contributed by atoms with Crippen molar-refractivity contribution in [2.45, 2.75) is 5.75 Å². The summed E-state index contributed by atoms with van der Waals surface area (Å²) in [5.41, 5.74) is 4.76. The first kappa shape index (κ1) is 10.6. The van der Waals surface area contributed by atoms with Gasteiger partial charge >= 0.3 is 6.03 Å². The number of carbonyl (C=O) groups excluding carboxylic acids is 2. The Kier molecular flexibility index (Phi) is 4.06. The number of carbonyl (C=O) groups is 2. The van der Waals surface area contributed by atoms with Gasteiger partial charge in [-0.05, 0) is 12.1 Å². The second-order valence-electron chi connectivity index (χ2n) is 2.48. The van der Waals surface area contributed by atoms with Gasteiger partial charge in [0.1, 0.15) is 5.76 Å². The largest absolute Gasteiger partial charge is 0.468 e. The topological polar surface area (TPSA) is 85.3 Å². The van der Waals surface area contributed by atoms with Gasteiger partial charge in [-0.2, -0.15) is 0 Å². The van der Waals surface area contributed by atoms with Gasteiger partial charge in [-0.3, -0.25) is 10.1 Å². The van der Waals surface area contributed by atoms with Crippen LogP contribution in [0.5, 0.6) is 0 Å². The summed E-state index contributed by atoms with van der Waals surface area (Å²) in [6.07, 6.45) is 1.57. The molecule has 0 aliphatic carbocycles. The first-order valence-electron chi connectivity index (χ1n) is 3.88. The Hall–Kier alpha value is -1.43. The van der Waals surface area contributed by atoms with E-state index in [-0.39, 0.29) is 5.75 Å². The van der Waals surface area contributed by atoms with Crippen LogP contribution in [0.3, 0.4) is 0 Å². The number of nitrogens with one attached hydrogen (secondary N) is 1. The molecule has 0 fully saturated rings. The Morgan fingerprint density at radius 3 is 2.93 bits per heavy atom. The van der Waals surface area contributed by atoms with Crippen LogP contribution in [0.4, 0.5) is 4.79 Å². The summed E-state index contributed by atoms with van der Waals surface area (Å²) in [7, 11) is 0. The number of hydrogen-bond acceptors (Lipinski definition) is 4. The Balaban J connectivity index is 2.15. The van der Waals surface area contributed by atoms with E-state index >= 15 is 0 Å². The zero-order valence-corrected chi connectivity index (χ0v) is 8.17. The average molecular weight is 214 g/mol. The van der Waals surface area contributed by atoms with Crippen LogP contribution in [0.15, 0.2) is 22.8 Å². The number of furan rings is 1. The van der Waals surface area contributed by atoms with Gasteiger partial charge in [0.15, 0.2) is 0 Å². The molecule has 1 rings (SSSR count). The van der Waals surface area contributed by atoms with E-state index in [1.807, 2.05) is 11.4 Å². The van der Waals surface area contributed by atoms with Gasteiger partial charge in [-0.25, -0.2) is 4.79 Å². The Labute approximate surface area is 85.0 Å². The minimum atomic E-state index is -0.825. The lowest BCUT2D eigenvalue weighted by Gasteiger charge is -1.99. The van der Waals surface area contributed by atoms with Crippen molar-refractivity contribution in [3.63, 3.8) is 0 Å². The zero-order valence-electron chi connectivity index (χ0n) is 7.36. The van der Waals surface area contributed by atoms with E-state index in [4.69, 9.17) is 10.2 Å². The lowest BCUT2D eigenvalue weighted by molar-refractivity contribution is -0.117. The van der Waals surface area contributed by atoms with Gasteiger partial charge in [0, 0.05) is 0 Å². The van der Waals surface area contributed by atoms with Gasteiger partial charge in [0.25, 0.3) is 0 Å². The highest BCUT2D eigenvalue weighted by molar-refractivity contribution is 7.99. The summed E-state index contributed by atoms with van der Waals surface area (Å²) in [6, 6.07) is 2.77. The van der Waals surface area contributed by atoms with E-state index in [0.29, 0.717) is 5.75 Å². The van der Waals surface area contributed by atoms with Crippen molar-refractivity contribution in [3.8, 4) is 0 Å². The van der Waals surface area contributed by atoms with Crippen LogP contribution in [0.1, 0.15) is 5.76 Å². The minimum absolute atomic E-state index is 0.184. The molecule has 76 valence electrons. The number of urea groups is 1. The zero-order chi connectivity index (χ0) is 10.4. The molecule has 1 heterocycles. The predicted molar refractivity (Wildman–Crippen MR) is 52.6 cm³/mol. The molecule has 1 aromatic rings. The number of nitrogens with two attached hydrogens (primary N) is 1. The fourth-order valence-electron chi connectivity index (χ4n) is 0.813. The molecule has 0 atom stereocenters.